The maximum atomic E-state index is 13.0. The molecule has 0 bridgehead atoms. The smallest absolute Gasteiger partial charge is 0.370 e. The number of carbonyl (C=O) groups excluding carboxylic acids is 1. The van der Waals surface area contributed by atoms with Gasteiger partial charge in [-0.25, -0.2) is 4.98 Å². The lowest BCUT2D eigenvalue weighted by Crippen LogP contribution is -2.15. The third-order valence-corrected chi connectivity index (χ3v) is 5.87. The minimum absolute atomic E-state index is 0.123. The molecule has 37 heavy (non-hydrogen) atoms. The predicted molar refractivity (Wildman–Crippen MR) is 139 cm³/mol. The summed E-state index contributed by atoms with van der Waals surface area (Å²) in [6, 6.07) is 12.7. The fraction of sp³-hybridized carbons (Fsp3) is 0.222. The molecule has 0 atom stereocenters. The lowest BCUT2D eigenvalue weighted by molar-refractivity contribution is -0.137. The number of halogens is 3. The van der Waals surface area contributed by atoms with Crippen molar-refractivity contribution < 1.29 is 18.0 Å². The molecule has 10 heteroatoms. The number of nitrogens with one attached hydrogen (secondary N) is 4. The van der Waals surface area contributed by atoms with Crippen molar-refractivity contribution in [3.8, 4) is 11.1 Å². The quantitative estimate of drug-likeness (QED) is 0.245. The van der Waals surface area contributed by atoms with Gasteiger partial charge in [-0.3, -0.25) is 9.59 Å². The average Bonchev–Trinajstić information content (AvgIpc) is 2.87. The molecule has 4 rings (SSSR count). The van der Waals surface area contributed by atoms with Gasteiger partial charge in [0.2, 0.25) is 0 Å². The fourth-order valence-electron chi connectivity index (χ4n) is 3.91. The van der Waals surface area contributed by atoms with Gasteiger partial charge in [0.1, 0.15) is 5.82 Å². The van der Waals surface area contributed by atoms with Gasteiger partial charge in [0.25, 0.3) is 11.5 Å². The number of alkyl halides is 3. The monoisotopic (exact) mass is 509 g/mol. The number of aryl methyl sites for hydroxylation is 1. The van der Waals surface area contributed by atoms with Crippen molar-refractivity contribution in [2.75, 3.05) is 30.8 Å². The number of H-pyrrole nitrogens is 1. The second-order valence-corrected chi connectivity index (χ2v) is 8.62. The Labute approximate surface area is 211 Å². The Hall–Kier alpha value is -4.18. The lowest BCUT2D eigenvalue weighted by Gasteiger charge is -2.12. The third-order valence-electron chi connectivity index (χ3n) is 5.87. The summed E-state index contributed by atoms with van der Waals surface area (Å²) < 4.78 is 39.1. The summed E-state index contributed by atoms with van der Waals surface area (Å²) >= 11 is 0. The molecule has 0 saturated heterocycles. The number of aromatic amines is 1. The van der Waals surface area contributed by atoms with Crippen LogP contribution in [0.1, 0.15) is 27.9 Å². The van der Waals surface area contributed by atoms with Crippen molar-refractivity contribution in [2.45, 2.75) is 19.5 Å². The zero-order valence-electron chi connectivity index (χ0n) is 20.3. The van der Waals surface area contributed by atoms with Crippen LogP contribution in [0.3, 0.4) is 0 Å². The summed E-state index contributed by atoms with van der Waals surface area (Å²) in [5, 5.41) is 9.65. The van der Waals surface area contributed by atoms with Crippen molar-refractivity contribution in [1.29, 1.82) is 0 Å². The molecular formula is C27H26F3N5O2. The van der Waals surface area contributed by atoms with Gasteiger partial charge in [-0.1, -0.05) is 12.1 Å². The van der Waals surface area contributed by atoms with E-state index < -0.39 is 17.6 Å². The van der Waals surface area contributed by atoms with Crippen LogP contribution in [-0.2, 0) is 6.18 Å². The number of hydrogen-bond donors (Lipinski definition) is 4. The van der Waals surface area contributed by atoms with E-state index in [2.05, 4.69) is 25.9 Å². The molecule has 0 saturated carbocycles. The number of nitrogens with zero attached hydrogens (tertiary/aromatic N) is 1. The van der Waals surface area contributed by atoms with E-state index in [9.17, 15) is 22.8 Å². The number of hydrogen-bond acceptors (Lipinski definition) is 5. The van der Waals surface area contributed by atoms with Gasteiger partial charge < -0.3 is 20.9 Å². The summed E-state index contributed by atoms with van der Waals surface area (Å²) in [7, 11) is 1.89. The first-order valence-electron chi connectivity index (χ1n) is 11.7. The Bertz CT molecular complexity index is 1500. The normalized spacial score (nSPS) is 11.5. The Morgan fingerprint density at radius 1 is 1.03 bits per heavy atom. The zero-order chi connectivity index (χ0) is 26.6. The Kier molecular flexibility index (Phi) is 7.58. The van der Waals surface area contributed by atoms with Crippen LogP contribution in [0.15, 0.2) is 65.6 Å². The number of rotatable bonds is 8. The van der Waals surface area contributed by atoms with E-state index in [0.717, 1.165) is 42.6 Å². The maximum absolute atomic E-state index is 13.0. The molecule has 0 radical (unpaired) electrons. The summed E-state index contributed by atoms with van der Waals surface area (Å²) in [6.45, 7) is 3.44. The minimum atomic E-state index is -4.55. The van der Waals surface area contributed by atoms with Gasteiger partial charge in [0, 0.05) is 41.0 Å². The highest BCUT2D eigenvalue weighted by atomic mass is 19.4. The second kappa shape index (κ2) is 10.8. The molecule has 192 valence electrons. The van der Waals surface area contributed by atoms with Crippen LogP contribution in [0.5, 0.6) is 0 Å². The van der Waals surface area contributed by atoms with Crippen molar-refractivity contribution in [1.82, 2.24) is 15.3 Å². The second-order valence-electron chi connectivity index (χ2n) is 8.62. The molecule has 2 aromatic carbocycles. The predicted octanol–water partition coefficient (Wildman–Crippen LogP) is 5.19. The van der Waals surface area contributed by atoms with Crippen molar-refractivity contribution in [3.05, 3.63) is 87.8 Å². The van der Waals surface area contributed by atoms with Crippen LogP contribution < -0.4 is 21.5 Å². The molecule has 0 aliphatic heterocycles. The van der Waals surface area contributed by atoms with Gasteiger partial charge >= 0.3 is 6.18 Å². The van der Waals surface area contributed by atoms with Crippen molar-refractivity contribution in [2.24, 2.45) is 0 Å². The van der Waals surface area contributed by atoms with Crippen molar-refractivity contribution >= 4 is 28.3 Å². The van der Waals surface area contributed by atoms with Gasteiger partial charge in [-0.15, -0.1) is 0 Å². The van der Waals surface area contributed by atoms with Crippen molar-refractivity contribution in [3.63, 3.8) is 0 Å². The number of pyridine rings is 2. The number of amides is 1. The summed E-state index contributed by atoms with van der Waals surface area (Å²) in [6.07, 6.45) is -1.96. The molecule has 1 amide bonds. The molecule has 0 unspecified atom stereocenters. The van der Waals surface area contributed by atoms with E-state index in [1.165, 1.54) is 12.1 Å². The molecule has 4 N–H and O–H groups in total. The SMILES string of the molecule is CNCCCNc1cc2[nH]c(=O)c(-c3cc(NC(=O)c4cccc(C(F)(F)F)c4)ccc3C)cc2cn1. The summed E-state index contributed by atoms with van der Waals surface area (Å²) in [5.74, 6) is -0.0326. The Morgan fingerprint density at radius 2 is 1.84 bits per heavy atom. The number of anilines is 2. The molecule has 2 aromatic heterocycles. The fourth-order valence-corrected chi connectivity index (χ4v) is 3.91. The van der Waals surface area contributed by atoms with Crippen LogP contribution >= 0.6 is 0 Å². The van der Waals surface area contributed by atoms with Gasteiger partial charge in [-0.05, 0) is 74.5 Å². The van der Waals surface area contributed by atoms with E-state index in [0.29, 0.717) is 28.1 Å². The molecule has 0 spiro atoms. The molecule has 0 fully saturated rings. The highest BCUT2D eigenvalue weighted by Gasteiger charge is 2.30. The minimum Gasteiger partial charge on any atom is -0.370 e. The first kappa shape index (κ1) is 25.9. The van der Waals surface area contributed by atoms with E-state index in [1.54, 1.807) is 36.5 Å². The Morgan fingerprint density at radius 3 is 2.59 bits per heavy atom. The van der Waals surface area contributed by atoms with E-state index in [-0.39, 0.29) is 11.1 Å². The maximum Gasteiger partial charge on any atom is 0.416 e. The standard InChI is InChI=1S/C27H26F3N5O2/c1-16-7-8-20(34-25(36)17-5-3-6-19(11-17)27(28,29)30)13-21(16)22-12-18-15-33-24(32-10-4-9-31-2)14-23(18)35-26(22)37/h3,5-8,11-15,31H,4,9-10H2,1-2H3,(H,32,33)(H,34,36)(H,35,37). The number of aromatic nitrogens is 2. The van der Waals surface area contributed by atoms with Gasteiger partial charge in [0.15, 0.2) is 0 Å². The summed E-state index contributed by atoms with van der Waals surface area (Å²) in [5.41, 5.74) is 1.39. The first-order valence-corrected chi connectivity index (χ1v) is 11.7. The lowest BCUT2D eigenvalue weighted by atomic mass is 10.00. The van der Waals surface area contributed by atoms with Crippen LogP contribution in [-0.4, -0.2) is 36.0 Å². The van der Waals surface area contributed by atoms with E-state index >= 15 is 0 Å². The number of benzene rings is 2. The molecule has 2 heterocycles. The molecule has 0 aliphatic rings. The summed E-state index contributed by atoms with van der Waals surface area (Å²) in [4.78, 5) is 32.9. The molecule has 7 nitrogen and oxygen atoms in total. The molecular weight excluding hydrogens is 483 g/mol. The van der Waals surface area contributed by atoms with Crippen LogP contribution in [0.2, 0.25) is 0 Å². The van der Waals surface area contributed by atoms with E-state index in [1.807, 2.05) is 14.0 Å². The van der Waals surface area contributed by atoms with Crippen LogP contribution in [0.4, 0.5) is 24.7 Å². The molecule has 0 aliphatic carbocycles. The van der Waals surface area contributed by atoms with Crippen LogP contribution in [0, 0.1) is 6.92 Å². The van der Waals surface area contributed by atoms with Gasteiger partial charge in [0.05, 0.1) is 11.1 Å². The highest BCUT2D eigenvalue weighted by molar-refractivity contribution is 6.04. The van der Waals surface area contributed by atoms with Crippen LogP contribution in [0.25, 0.3) is 22.0 Å². The largest absolute Gasteiger partial charge is 0.416 e. The Balaban J connectivity index is 1.59. The number of carbonyl (C=O) groups is 1. The topological polar surface area (TPSA) is 98.9 Å². The first-order chi connectivity index (χ1) is 17.7. The third kappa shape index (κ3) is 6.15. The van der Waals surface area contributed by atoms with Gasteiger partial charge in [-0.2, -0.15) is 13.2 Å². The highest BCUT2D eigenvalue weighted by Crippen LogP contribution is 2.30. The zero-order valence-corrected chi connectivity index (χ0v) is 20.3. The van der Waals surface area contributed by atoms with E-state index in [4.69, 9.17) is 0 Å². The molecule has 4 aromatic rings. The average molecular weight is 510 g/mol. The number of fused-ring (bicyclic) bond motifs is 1.